The summed E-state index contributed by atoms with van der Waals surface area (Å²) in [5, 5.41) is 5.43. The molecule has 2 aromatic carbocycles. The zero-order chi connectivity index (χ0) is 21.7. The minimum Gasteiger partial charge on any atom is -0.465 e. The fourth-order valence-electron chi connectivity index (χ4n) is 3.41. The quantitative estimate of drug-likeness (QED) is 0.537. The molecule has 0 bridgehead atoms. The third-order valence-corrected chi connectivity index (χ3v) is 5.14. The van der Waals surface area contributed by atoms with E-state index in [0.29, 0.717) is 17.5 Å². The first-order chi connectivity index (χ1) is 14.4. The summed E-state index contributed by atoms with van der Waals surface area (Å²) in [5.41, 5.74) is 0.686. The van der Waals surface area contributed by atoms with Crippen LogP contribution in [0.3, 0.4) is 0 Å². The number of ether oxygens (including phenoxy) is 1. The number of carbonyl (C=O) groups excluding carboxylic acids is 4. The molecule has 4 amide bonds. The van der Waals surface area contributed by atoms with E-state index in [1.807, 2.05) is 13.0 Å². The molecule has 1 aliphatic rings. The Morgan fingerprint density at radius 3 is 2.33 bits per heavy atom. The summed E-state index contributed by atoms with van der Waals surface area (Å²) in [6.07, 6.45) is 0.367. The van der Waals surface area contributed by atoms with Crippen molar-refractivity contribution in [2.24, 2.45) is 0 Å². The number of amides is 4. The van der Waals surface area contributed by atoms with Gasteiger partial charge in [-0.25, -0.2) is 9.59 Å². The molecule has 0 saturated carbocycles. The van der Waals surface area contributed by atoms with Gasteiger partial charge in [0.15, 0.2) is 0 Å². The molecule has 0 radical (unpaired) electrons. The maximum atomic E-state index is 13.0. The molecule has 2 aromatic rings. The van der Waals surface area contributed by atoms with E-state index in [4.69, 9.17) is 0 Å². The summed E-state index contributed by atoms with van der Waals surface area (Å²) in [6, 6.07) is 15.0. The molecule has 1 heterocycles. The molecule has 156 valence electrons. The van der Waals surface area contributed by atoms with Gasteiger partial charge >= 0.3 is 12.0 Å². The van der Waals surface area contributed by atoms with Crippen molar-refractivity contribution < 1.29 is 23.9 Å². The summed E-state index contributed by atoms with van der Waals surface area (Å²) in [6.45, 7) is 1.63. The average molecular weight is 409 g/mol. The van der Waals surface area contributed by atoms with E-state index < -0.39 is 29.4 Å². The van der Waals surface area contributed by atoms with Gasteiger partial charge in [0.25, 0.3) is 5.91 Å². The van der Waals surface area contributed by atoms with Crippen LogP contribution in [0.25, 0.3) is 0 Å². The lowest BCUT2D eigenvalue weighted by molar-refractivity contribution is -0.135. The molecule has 1 atom stereocenters. The van der Waals surface area contributed by atoms with Gasteiger partial charge in [0.2, 0.25) is 5.91 Å². The number of urea groups is 1. The van der Waals surface area contributed by atoms with E-state index in [-0.39, 0.29) is 13.1 Å². The van der Waals surface area contributed by atoms with Crippen LogP contribution in [0, 0.1) is 0 Å². The highest BCUT2D eigenvalue weighted by Gasteiger charge is 2.51. The maximum absolute atomic E-state index is 13.0. The number of esters is 1. The number of nitrogens with zero attached hydrogens (tertiary/aromatic N) is 1. The second-order valence-corrected chi connectivity index (χ2v) is 6.91. The first kappa shape index (κ1) is 21.0. The van der Waals surface area contributed by atoms with Crippen molar-refractivity contribution in [1.82, 2.24) is 15.5 Å². The molecule has 1 fully saturated rings. The van der Waals surface area contributed by atoms with Gasteiger partial charge in [-0.3, -0.25) is 14.5 Å². The number of benzene rings is 2. The summed E-state index contributed by atoms with van der Waals surface area (Å²) >= 11 is 0. The SMILES string of the molecule is CC[C@]1(c2ccccc2)NC(=O)N(CC(=O)NCc2ccc(C(=O)OC)cc2)C1=O. The molecule has 30 heavy (non-hydrogen) atoms. The minimum atomic E-state index is -1.16. The number of rotatable bonds is 7. The highest BCUT2D eigenvalue weighted by Crippen LogP contribution is 2.32. The monoisotopic (exact) mass is 409 g/mol. The maximum Gasteiger partial charge on any atom is 0.337 e. The Morgan fingerprint density at radius 2 is 1.73 bits per heavy atom. The van der Waals surface area contributed by atoms with Crippen LogP contribution in [-0.4, -0.2) is 42.4 Å². The normalized spacial score (nSPS) is 18.1. The van der Waals surface area contributed by atoms with Crippen molar-refractivity contribution >= 4 is 23.8 Å². The van der Waals surface area contributed by atoms with Gasteiger partial charge in [-0.15, -0.1) is 0 Å². The Balaban J connectivity index is 1.63. The van der Waals surface area contributed by atoms with Crippen molar-refractivity contribution in [3.05, 3.63) is 71.3 Å². The molecule has 8 nitrogen and oxygen atoms in total. The van der Waals surface area contributed by atoms with Crippen molar-refractivity contribution in [3.63, 3.8) is 0 Å². The average Bonchev–Trinajstić information content (AvgIpc) is 3.03. The molecule has 1 saturated heterocycles. The van der Waals surface area contributed by atoms with Crippen LogP contribution in [0.1, 0.15) is 34.8 Å². The van der Waals surface area contributed by atoms with Crippen molar-refractivity contribution in [2.45, 2.75) is 25.4 Å². The van der Waals surface area contributed by atoms with E-state index in [1.54, 1.807) is 48.5 Å². The third-order valence-electron chi connectivity index (χ3n) is 5.14. The number of nitrogens with one attached hydrogen (secondary N) is 2. The first-order valence-electron chi connectivity index (χ1n) is 9.55. The fourth-order valence-corrected chi connectivity index (χ4v) is 3.41. The Kier molecular flexibility index (Phi) is 6.15. The highest BCUT2D eigenvalue weighted by atomic mass is 16.5. The van der Waals surface area contributed by atoms with Crippen LogP contribution in [0.15, 0.2) is 54.6 Å². The lowest BCUT2D eigenvalue weighted by Crippen LogP contribution is -2.44. The summed E-state index contributed by atoms with van der Waals surface area (Å²) in [7, 11) is 1.30. The largest absolute Gasteiger partial charge is 0.465 e. The second-order valence-electron chi connectivity index (χ2n) is 6.91. The van der Waals surface area contributed by atoms with Crippen LogP contribution in [0.4, 0.5) is 4.79 Å². The number of methoxy groups -OCH3 is 1. The van der Waals surface area contributed by atoms with E-state index in [2.05, 4.69) is 15.4 Å². The molecule has 8 heteroatoms. The molecule has 0 aliphatic carbocycles. The van der Waals surface area contributed by atoms with Gasteiger partial charge < -0.3 is 15.4 Å². The van der Waals surface area contributed by atoms with Gasteiger partial charge in [0.05, 0.1) is 12.7 Å². The predicted molar refractivity (Wildman–Crippen MR) is 108 cm³/mol. The van der Waals surface area contributed by atoms with Crippen LogP contribution < -0.4 is 10.6 Å². The second kappa shape index (κ2) is 8.77. The van der Waals surface area contributed by atoms with Gasteiger partial charge in [0.1, 0.15) is 12.1 Å². The van der Waals surface area contributed by atoms with Crippen LogP contribution in [-0.2, 0) is 26.4 Å². The number of hydrogen-bond acceptors (Lipinski definition) is 5. The van der Waals surface area contributed by atoms with Gasteiger partial charge in [-0.1, -0.05) is 49.4 Å². The predicted octanol–water partition coefficient (Wildman–Crippen LogP) is 1.95. The van der Waals surface area contributed by atoms with Gasteiger partial charge in [-0.05, 0) is 29.7 Å². The molecule has 0 unspecified atom stereocenters. The lowest BCUT2D eigenvalue weighted by Gasteiger charge is -2.25. The van der Waals surface area contributed by atoms with Crippen LogP contribution >= 0.6 is 0 Å². The minimum absolute atomic E-state index is 0.196. The zero-order valence-corrected chi connectivity index (χ0v) is 16.8. The van der Waals surface area contributed by atoms with Crippen molar-refractivity contribution in [3.8, 4) is 0 Å². The third kappa shape index (κ3) is 4.03. The fraction of sp³-hybridized carbons (Fsp3) is 0.273. The lowest BCUT2D eigenvalue weighted by atomic mass is 9.87. The summed E-state index contributed by atoms with van der Waals surface area (Å²) in [4.78, 5) is 50.2. The number of hydrogen-bond donors (Lipinski definition) is 2. The molecule has 2 N–H and O–H groups in total. The van der Waals surface area contributed by atoms with E-state index in [1.165, 1.54) is 7.11 Å². The Morgan fingerprint density at radius 1 is 1.07 bits per heavy atom. The molecule has 0 spiro atoms. The van der Waals surface area contributed by atoms with Crippen LogP contribution in [0.2, 0.25) is 0 Å². The topological polar surface area (TPSA) is 105 Å². The highest BCUT2D eigenvalue weighted by molar-refractivity contribution is 6.09. The Labute approximate surface area is 174 Å². The van der Waals surface area contributed by atoms with E-state index in [9.17, 15) is 19.2 Å². The molecule has 1 aliphatic heterocycles. The van der Waals surface area contributed by atoms with Gasteiger partial charge in [0, 0.05) is 6.54 Å². The molecular weight excluding hydrogens is 386 g/mol. The zero-order valence-electron chi connectivity index (χ0n) is 16.8. The molecular formula is C22H23N3O5. The first-order valence-corrected chi connectivity index (χ1v) is 9.55. The standard InChI is InChI=1S/C22H23N3O5/c1-3-22(17-7-5-4-6-8-17)20(28)25(21(29)24-22)14-18(26)23-13-15-9-11-16(12-10-15)19(27)30-2/h4-12H,3,13-14H2,1-2H3,(H,23,26)(H,24,29)/t22-/m1/s1. The summed E-state index contributed by atoms with van der Waals surface area (Å²) in [5.74, 6) is -1.35. The smallest absolute Gasteiger partial charge is 0.337 e. The van der Waals surface area contributed by atoms with Crippen molar-refractivity contribution in [1.29, 1.82) is 0 Å². The molecule has 0 aromatic heterocycles. The van der Waals surface area contributed by atoms with E-state index in [0.717, 1.165) is 10.5 Å². The number of imide groups is 1. The van der Waals surface area contributed by atoms with Crippen LogP contribution in [0.5, 0.6) is 0 Å². The van der Waals surface area contributed by atoms with Crippen molar-refractivity contribution in [2.75, 3.05) is 13.7 Å². The Hall–Kier alpha value is -3.68. The van der Waals surface area contributed by atoms with E-state index >= 15 is 0 Å². The van der Waals surface area contributed by atoms with Gasteiger partial charge in [-0.2, -0.15) is 0 Å². The Bertz CT molecular complexity index is 958. The summed E-state index contributed by atoms with van der Waals surface area (Å²) < 4.78 is 4.64. The molecule has 3 rings (SSSR count). The number of carbonyl (C=O) groups is 4.